The summed E-state index contributed by atoms with van der Waals surface area (Å²) in [7, 11) is 0. The molecular weight excluding hydrogens is 176 g/mol. The van der Waals surface area contributed by atoms with Gasteiger partial charge in [-0.05, 0) is 0 Å². The number of oxazole rings is 1. The molecule has 1 heterocycles. The van der Waals surface area contributed by atoms with E-state index in [0.717, 1.165) is 11.5 Å². The molecule has 0 saturated carbocycles. The molecule has 1 rings (SSSR count). The largest absolute Gasteiger partial charge is 0.444 e. The van der Waals surface area contributed by atoms with Gasteiger partial charge in [0, 0.05) is 11.3 Å². The fraction of sp³-hybridized carbons (Fsp3) is 0.727. The fourth-order valence-electron chi connectivity index (χ4n) is 1.39. The highest BCUT2D eigenvalue weighted by molar-refractivity contribution is 5.21. The lowest BCUT2D eigenvalue weighted by molar-refractivity contribution is 0.432. The summed E-state index contributed by atoms with van der Waals surface area (Å²) in [6.07, 6.45) is 0. The summed E-state index contributed by atoms with van der Waals surface area (Å²) in [6.45, 7) is 11.0. The Bertz CT molecular complexity index is 308. The number of hydrogen-bond donors (Lipinski definition) is 1. The first-order valence-electron chi connectivity index (χ1n) is 5.06. The van der Waals surface area contributed by atoms with E-state index in [4.69, 9.17) is 10.2 Å². The first-order valence-corrected chi connectivity index (χ1v) is 5.06. The van der Waals surface area contributed by atoms with Gasteiger partial charge >= 0.3 is 0 Å². The predicted octanol–water partition coefficient (Wildman–Crippen LogP) is 2.55. The number of hydrogen-bond acceptors (Lipinski definition) is 3. The van der Waals surface area contributed by atoms with Crippen LogP contribution in [0.3, 0.4) is 0 Å². The maximum absolute atomic E-state index is 5.62. The van der Waals surface area contributed by atoms with E-state index in [1.807, 2.05) is 0 Å². The van der Waals surface area contributed by atoms with Gasteiger partial charge in [-0.25, -0.2) is 4.98 Å². The molecule has 0 saturated heterocycles. The molecule has 0 spiro atoms. The molecular formula is C11H20N2O. The van der Waals surface area contributed by atoms with Crippen LogP contribution in [0.4, 0.5) is 0 Å². The number of aromatic nitrogens is 1. The lowest BCUT2D eigenvalue weighted by atomic mass is 9.88. The van der Waals surface area contributed by atoms with Crippen molar-refractivity contribution in [3.8, 4) is 0 Å². The van der Waals surface area contributed by atoms with E-state index in [0.29, 0.717) is 18.4 Å². The van der Waals surface area contributed by atoms with Crippen molar-refractivity contribution in [1.82, 2.24) is 4.98 Å². The van der Waals surface area contributed by atoms with Crippen LogP contribution in [-0.2, 0) is 12.0 Å². The second-order valence-electron chi connectivity index (χ2n) is 4.93. The van der Waals surface area contributed by atoms with Crippen LogP contribution in [0.15, 0.2) is 4.42 Å². The third-order valence-corrected chi connectivity index (χ3v) is 2.11. The van der Waals surface area contributed by atoms with Gasteiger partial charge in [0.2, 0.25) is 5.89 Å². The zero-order chi connectivity index (χ0) is 10.9. The summed E-state index contributed by atoms with van der Waals surface area (Å²) in [6, 6.07) is 0. The molecule has 0 aromatic carbocycles. The van der Waals surface area contributed by atoms with E-state index >= 15 is 0 Å². The van der Waals surface area contributed by atoms with E-state index in [2.05, 4.69) is 39.6 Å². The Morgan fingerprint density at radius 3 is 2.21 bits per heavy atom. The highest BCUT2D eigenvalue weighted by Crippen LogP contribution is 2.30. The fourth-order valence-corrected chi connectivity index (χ4v) is 1.39. The van der Waals surface area contributed by atoms with Crippen LogP contribution in [0.1, 0.15) is 57.9 Å². The molecule has 0 bridgehead atoms. The van der Waals surface area contributed by atoms with E-state index < -0.39 is 0 Å². The summed E-state index contributed by atoms with van der Waals surface area (Å²) in [5.74, 6) is 1.97. The predicted molar refractivity (Wildman–Crippen MR) is 57.2 cm³/mol. The van der Waals surface area contributed by atoms with Gasteiger partial charge in [0.05, 0.1) is 12.2 Å². The van der Waals surface area contributed by atoms with Gasteiger partial charge in [-0.1, -0.05) is 34.6 Å². The minimum Gasteiger partial charge on any atom is -0.444 e. The summed E-state index contributed by atoms with van der Waals surface area (Å²) < 4.78 is 5.62. The summed E-state index contributed by atoms with van der Waals surface area (Å²) >= 11 is 0. The van der Waals surface area contributed by atoms with Crippen LogP contribution in [0.2, 0.25) is 0 Å². The van der Waals surface area contributed by atoms with Crippen molar-refractivity contribution in [2.45, 2.75) is 52.5 Å². The second-order valence-corrected chi connectivity index (χ2v) is 4.93. The van der Waals surface area contributed by atoms with Crippen molar-refractivity contribution in [1.29, 1.82) is 0 Å². The van der Waals surface area contributed by atoms with Crippen molar-refractivity contribution in [2.24, 2.45) is 5.73 Å². The van der Waals surface area contributed by atoms with Crippen LogP contribution in [0, 0.1) is 0 Å². The molecule has 0 radical (unpaired) electrons. The van der Waals surface area contributed by atoms with E-state index in [9.17, 15) is 0 Å². The normalized spacial score (nSPS) is 12.5. The van der Waals surface area contributed by atoms with Crippen molar-refractivity contribution in [2.75, 3.05) is 0 Å². The van der Waals surface area contributed by atoms with Gasteiger partial charge in [-0.3, -0.25) is 0 Å². The lowest BCUT2D eigenvalue weighted by Gasteiger charge is -2.17. The van der Waals surface area contributed by atoms with E-state index in [1.165, 1.54) is 0 Å². The van der Waals surface area contributed by atoms with Gasteiger partial charge in [0.1, 0.15) is 5.76 Å². The SMILES string of the molecule is CC(C)c1oc(CN)nc1C(C)(C)C. The second kappa shape index (κ2) is 3.73. The monoisotopic (exact) mass is 196 g/mol. The Labute approximate surface area is 85.7 Å². The molecule has 0 amide bonds. The standard InChI is InChI=1S/C11H20N2O/c1-7(2)9-10(11(3,4)5)13-8(6-12)14-9/h7H,6,12H2,1-5H3. The smallest absolute Gasteiger partial charge is 0.208 e. The highest BCUT2D eigenvalue weighted by Gasteiger charge is 2.25. The Hall–Kier alpha value is -0.830. The lowest BCUT2D eigenvalue weighted by Crippen LogP contribution is -2.15. The molecule has 14 heavy (non-hydrogen) atoms. The molecule has 0 aliphatic heterocycles. The molecule has 80 valence electrons. The summed E-state index contributed by atoms with van der Waals surface area (Å²) in [5.41, 5.74) is 6.58. The summed E-state index contributed by atoms with van der Waals surface area (Å²) in [5, 5.41) is 0. The van der Waals surface area contributed by atoms with Gasteiger partial charge < -0.3 is 10.2 Å². The Kier molecular flexibility index (Phi) is 3.00. The van der Waals surface area contributed by atoms with Crippen LogP contribution < -0.4 is 5.73 Å². The molecule has 0 unspecified atom stereocenters. The topological polar surface area (TPSA) is 52.0 Å². The first kappa shape index (κ1) is 11.2. The van der Waals surface area contributed by atoms with Gasteiger partial charge in [-0.2, -0.15) is 0 Å². The minimum atomic E-state index is 0.0243. The first-order chi connectivity index (χ1) is 6.36. The Balaban J connectivity index is 3.19. The molecule has 3 heteroatoms. The van der Waals surface area contributed by atoms with E-state index in [1.54, 1.807) is 0 Å². The molecule has 3 nitrogen and oxygen atoms in total. The third-order valence-electron chi connectivity index (χ3n) is 2.11. The molecule has 0 aliphatic rings. The quantitative estimate of drug-likeness (QED) is 0.790. The maximum Gasteiger partial charge on any atom is 0.208 e. The van der Waals surface area contributed by atoms with Crippen molar-refractivity contribution >= 4 is 0 Å². The molecule has 0 fully saturated rings. The average molecular weight is 196 g/mol. The van der Waals surface area contributed by atoms with Crippen LogP contribution in [0.25, 0.3) is 0 Å². The average Bonchev–Trinajstić information content (AvgIpc) is 2.46. The van der Waals surface area contributed by atoms with Crippen molar-refractivity contribution in [3.63, 3.8) is 0 Å². The number of nitrogens with zero attached hydrogens (tertiary/aromatic N) is 1. The molecule has 1 aromatic heterocycles. The zero-order valence-electron chi connectivity index (χ0n) is 9.72. The molecule has 0 atom stereocenters. The van der Waals surface area contributed by atoms with E-state index in [-0.39, 0.29) is 5.41 Å². The van der Waals surface area contributed by atoms with Crippen molar-refractivity contribution in [3.05, 3.63) is 17.3 Å². The van der Waals surface area contributed by atoms with Crippen LogP contribution in [-0.4, -0.2) is 4.98 Å². The van der Waals surface area contributed by atoms with Gasteiger partial charge in [-0.15, -0.1) is 0 Å². The minimum absolute atomic E-state index is 0.0243. The number of nitrogens with two attached hydrogens (primary N) is 1. The third kappa shape index (κ3) is 2.15. The Morgan fingerprint density at radius 1 is 1.36 bits per heavy atom. The molecule has 0 aliphatic carbocycles. The number of rotatable bonds is 2. The molecule has 1 aromatic rings. The van der Waals surface area contributed by atoms with Crippen LogP contribution in [0.5, 0.6) is 0 Å². The summed E-state index contributed by atoms with van der Waals surface area (Å²) in [4.78, 5) is 4.43. The van der Waals surface area contributed by atoms with Gasteiger partial charge in [0.15, 0.2) is 0 Å². The van der Waals surface area contributed by atoms with Gasteiger partial charge in [0.25, 0.3) is 0 Å². The Morgan fingerprint density at radius 2 is 1.93 bits per heavy atom. The maximum atomic E-state index is 5.62. The van der Waals surface area contributed by atoms with Crippen molar-refractivity contribution < 1.29 is 4.42 Å². The van der Waals surface area contributed by atoms with Crippen LogP contribution >= 0.6 is 0 Å². The molecule has 2 N–H and O–H groups in total. The highest BCUT2D eigenvalue weighted by atomic mass is 16.4. The zero-order valence-corrected chi connectivity index (χ0v) is 9.72.